The van der Waals surface area contributed by atoms with Crippen molar-refractivity contribution in [2.45, 2.75) is 44.7 Å². The van der Waals surface area contributed by atoms with Gasteiger partial charge in [-0.1, -0.05) is 0 Å². The first-order valence-corrected chi connectivity index (χ1v) is 7.91. The Hall–Kier alpha value is -0.940. The number of nitrogens with zero attached hydrogens (tertiary/aromatic N) is 3. The van der Waals surface area contributed by atoms with Gasteiger partial charge >= 0.3 is 0 Å². The van der Waals surface area contributed by atoms with Crippen molar-refractivity contribution in [2.24, 2.45) is 0 Å². The summed E-state index contributed by atoms with van der Waals surface area (Å²) < 4.78 is 0. The van der Waals surface area contributed by atoms with Crippen molar-refractivity contribution in [1.29, 1.82) is 0 Å². The zero-order valence-corrected chi connectivity index (χ0v) is 12.4. The van der Waals surface area contributed by atoms with Gasteiger partial charge in [-0.25, -0.2) is 0 Å². The van der Waals surface area contributed by atoms with E-state index in [2.05, 4.69) is 16.7 Å². The van der Waals surface area contributed by atoms with Crippen LogP contribution in [0.4, 0.5) is 0 Å². The molecule has 0 aromatic heterocycles. The number of fused-ring (bicyclic) bond motifs is 1. The van der Waals surface area contributed by atoms with Crippen molar-refractivity contribution in [3.63, 3.8) is 0 Å². The van der Waals surface area contributed by atoms with Gasteiger partial charge in [0.1, 0.15) is 5.78 Å². The molecule has 3 fully saturated rings. The Morgan fingerprint density at radius 1 is 1.20 bits per heavy atom. The van der Waals surface area contributed by atoms with Crippen molar-refractivity contribution in [3.05, 3.63) is 0 Å². The molecule has 112 valence electrons. The van der Waals surface area contributed by atoms with E-state index >= 15 is 0 Å². The van der Waals surface area contributed by atoms with E-state index in [4.69, 9.17) is 0 Å². The normalized spacial score (nSPS) is 32.5. The number of piperidine rings is 1. The van der Waals surface area contributed by atoms with Crippen LogP contribution >= 0.6 is 0 Å². The van der Waals surface area contributed by atoms with Crippen LogP contribution in [0, 0.1) is 0 Å². The van der Waals surface area contributed by atoms with Crippen molar-refractivity contribution in [3.8, 4) is 0 Å². The van der Waals surface area contributed by atoms with Crippen LogP contribution in [0.5, 0.6) is 0 Å². The minimum absolute atomic E-state index is 0.204. The third-order valence-corrected chi connectivity index (χ3v) is 5.08. The lowest BCUT2D eigenvalue weighted by molar-refractivity contribution is -0.136. The number of ketones is 1. The lowest BCUT2D eigenvalue weighted by Crippen LogP contribution is -2.57. The van der Waals surface area contributed by atoms with Crippen molar-refractivity contribution < 1.29 is 9.59 Å². The molecule has 0 aromatic rings. The third kappa shape index (κ3) is 2.88. The van der Waals surface area contributed by atoms with Crippen LogP contribution in [0.3, 0.4) is 0 Å². The zero-order valence-electron chi connectivity index (χ0n) is 12.4. The van der Waals surface area contributed by atoms with Gasteiger partial charge in [0.25, 0.3) is 0 Å². The van der Waals surface area contributed by atoms with Crippen LogP contribution in [0.15, 0.2) is 0 Å². The Labute approximate surface area is 120 Å². The summed E-state index contributed by atoms with van der Waals surface area (Å²) >= 11 is 0. The second-order valence-corrected chi connectivity index (χ2v) is 6.49. The summed E-state index contributed by atoms with van der Waals surface area (Å²) in [6.07, 6.45) is 3.65. The quantitative estimate of drug-likeness (QED) is 0.731. The number of likely N-dealkylation sites (tertiary alicyclic amines) is 1. The molecule has 2 unspecified atom stereocenters. The molecule has 0 radical (unpaired) electrons. The number of hydrogen-bond acceptors (Lipinski definition) is 4. The van der Waals surface area contributed by atoms with Gasteiger partial charge in [0, 0.05) is 51.1 Å². The molecule has 3 rings (SSSR count). The van der Waals surface area contributed by atoms with Gasteiger partial charge in [-0.05, 0) is 26.3 Å². The van der Waals surface area contributed by atoms with Crippen LogP contribution in [0.1, 0.15) is 32.6 Å². The first kappa shape index (κ1) is 14.0. The average Bonchev–Trinajstić information content (AvgIpc) is 2.87. The molecular weight excluding hydrogens is 254 g/mol. The molecule has 2 atom stereocenters. The van der Waals surface area contributed by atoms with E-state index in [0.29, 0.717) is 50.3 Å². The standard InChI is InChI=1S/C15H25N3O2/c1-12-9-17-6-2-3-13(17)10-18(12)11-15(20)16-7-4-14(19)5-8-16/h12-13H,2-11H2,1H3. The Morgan fingerprint density at radius 2 is 1.95 bits per heavy atom. The second kappa shape index (κ2) is 5.82. The molecule has 3 heterocycles. The Morgan fingerprint density at radius 3 is 2.70 bits per heavy atom. The number of carbonyl (C=O) groups excluding carboxylic acids is 2. The molecule has 20 heavy (non-hydrogen) atoms. The van der Waals surface area contributed by atoms with E-state index in [1.807, 2.05) is 4.90 Å². The monoisotopic (exact) mass is 279 g/mol. The molecule has 0 aromatic carbocycles. The van der Waals surface area contributed by atoms with E-state index < -0.39 is 0 Å². The van der Waals surface area contributed by atoms with Crippen molar-refractivity contribution in [1.82, 2.24) is 14.7 Å². The second-order valence-electron chi connectivity index (χ2n) is 6.49. The molecule has 0 bridgehead atoms. The summed E-state index contributed by atoms with van der Waals surface area (Å²) in [6.45, 7) is 7.34. The van der Waals surface area contributed by atoms with Gasteiger partial charge in [-0.2, -0.15) is 0 Å². The maximum Gasteiger partial charge on any atom is 0.236 e. The summed E-state index contributed by atoms with van der Waals surface area (Å²) in [5.41, 5.74) is 0. The number of amides is 1. The first-order valence-electron chi connectivity index (χ1n) is 7.91. The molecule has 1 amide bonds. The summed E-state index contributed by atoms with van der Waals surface area (Å²) in [5, 5.41) is 0. The Bertz CT molecular complexity index is 389. The topological polar surface area (TPSA) is 43.9 Å². The van der Waals surface area contributed by atoms with Crippen LogP contribution in [0.2, 0.25) is 0 Å². The summed E-state index contributed by atoms with van der Waals surface area (Å²) in [7, 11) is 0. The fraction of sp³-hybridized carbons (Fsp3) is 0.867. The molecular formula is C15H25N3O2. The van der Waals surface area contributed by atoms with E-state index in [9.17, 15) is 9.59 Å². The molecule has 3 saturated heterocycles. The fourth-order valence-corrected chi connectivity index (χ4v) is 3.75. The zero-order chi connectivity index (χ0) is 14.1. The molecule has 0 aliphatic carbocycles. The van der Waals surface area contributed by atoms with Crippen molar-refractivity contribution >= 4 is 11.7 Å². The number of hydrogen-bond donors (Lipinski definition) is 0. The molecule has 0 saturated carbocycles. The number of Topliss-reactive ketones (excluding diaryl/α,β-unsaturated/α-hetero) is 1. The highest BCUT2D eigenvalue weighted by molar-refractivity contribution is 5.84. The van der Waals surface area contributed by atoms with Crippen molar-refractivity contribution in [2.75, 3.05) is 39.3 Å². The fourth-order valence-electron chi connectivity index (χ4n) is 3.75. The minimum Gasteiger partial charge on any atom is -0.341 e. The lowest BCUT2D eigenvalue weighted by atomic mass is 10.1. The molecule has 3 aliphatic rings. The van der Waals surface area contributed by atoms with Gasteiger partial charge < -0.3 is 4.90 Å². The van der Waals surface area contributed by atoms with Crippen LogP contribution < -0.4 is 0 Å². The SMILES string of the molecule is CC1CN2CCCC2CN1CC(=O)N1CCC(=O)CC1. The summed E-state index contributed by atoms with van der Waals surface area (Å²) in [4.78, 5) is 30.4. The predicted molar refractivity (Wildman–Crippen MR) is 76.5 cm³/mol. The van der Waals surface area contributed by atoms with E-state index in [0.717, 1.165) is 13.1 Å². The Kier molecular flexibility index (Phi) is 4.08. The summed E-state index contributed by atoms with van der Waals surface area (Å²) in [6, 6.07) is 1.11. The molecule has 3 aliphatic heterocycles. The average molecular weight is 279 g/mol. The third-order valence-electron chi connectivity index (χ3n) is 5.08. The predicted octanol–water partition coefficient (Wildman–Crippen LogP) is 0.346. The molecule has 0 N–H and O–H groups in total. The van der Waals surface area contributed by atoms with E-state index in [1.54, 1.807) is 0 Å². The van der Waals surface area contributed by atoms with Crippen LogP contribution in [-0.4, -0.2) is 77.7 Å². The van der Waals surface area contributed by atoms with Crippen LogP contribution in [-0.2, 0) is 9.59 Å². The van der Waals surface area contributed by atoms with Gasteiger partial charge in [0.05, 0.1) is 6.54 Å². The molecule has 0 spiro atoms. The number of rotatable bonds is 2. The van der Waals surface area contributed by atoms with E-state index in [-0.39, 0.29) is 5.91 Å². The summed E-state index contributed by atoms with van der Waals surface area (Å²) in [5.74, 6) is 0.498. The van der Waals surface area contributed by atoms with Crippen LogP contribution in [0.25, 0.3) is 0 Å². The number of piperazine rings is 1. The molecule has 5 nitrogen and oxygen atoms in total. The number of carbonyl (C=O) groups is 2. The molecule has 5 heteroatoms. The van der Waals surface area contributed by atoms with Gasteiger partial charge in [-0.15, -0.1) is 0 Å². The smallest absolute Gasteiger partial charge is 0.236 e. The minimum atomic E-state index is 0.204. The van der Waals surface area contributed by atoms with Gasteiger partial charge in [-0.3, -0.25) is 19.4 Å². The Balaban J connectivity index is 1.54. The van der Waals surface area contributed by atoms with Gasteiger partial charge in [0.2, 0.25) is 5.91 Å². The highest BCUT2D eigenvalue weighted by Gasteiger charge is 2.35. The highest BCUT2D eigenvalue weighted by Crippen LogP contribution is 2.24. The largest absolute Gasteiger partial charge is 0.341 e. The van der Waals surface area contributed by atoms with E-state index in [1.165, 1.54) is 19.4 Å². The maximum absolute atomic E-state index is 12.4. The highest BCUT2D eigenvalue weighted by atomic mass is 16.2. The lowest BCUT2D eigenvalue weighted by Gasteiger charge is -2.42. The maximum atomic E-state index is 12.4. The first-order chi connectivity index (χ1) is 9.63. The van der Waals surface area contributed by atoms with Gasteiger partial charge in [0.15, 0.2) is 0 Å².